The van der Waals surface area contributed by atoms with Crippen molar-refractivity contribution in [1.82, 2.24) is 0 Å². The van der Waals surface area contributed by atoms with E-state index in [4.69, 9.17) is 5.32 Å². The molecule has 2 aliphatic carbocycles. The van der Waals surface area contributed by atoms with Gasteiger partial charge in [0.05, 0.1) is 0 Å². The number of rotatable bonds is 11. The van der Waals surface area contributed by atoms with Crippen LogP contribution in [0.3, 0.4) is 0 Å². The van der Waals surface area contributed by atoms with E-state index in [9.17, 15) is 0 Å². The van der Waals surface area contributed by atoms with E-state index < -0.39 is 0 Å². The van der Waals surface area contributed by atoms with E-state index in [1.807, 2.05) is 0 Å². The number of hydrogen-bond donors (Lipinski definition) is 0. The fraction of sp³-hybridized carbons (Fsp3) is 0.762. The van der Waals surface area contributed by atoms with Crippen LogP contribution in [-0.4, -0.2) is 27.1 Å². The first-order valence-electron chi connectivity index (χ1n) is 9.87. The molecule has 5 heteroatoms. The number of nitrogens with zero attached hydrogens (tertiary/aromatic N) is 1. The van der Waals surface area contributed by atoms with Gasteiger partial charge in [0, 0.05) is 25.8 Å². The molecule has 0 heterocycles. The van der Waals surface area contributed by atoms with Gasteiger partial charge in [-0.25, -0.2) is 0 Å². The zero-order chi connectivity index (χ0) is 16.5. The Bertz CT molecular complexity index is 440. The van der Waals surface area contributed by atoms with Gasteiger partial charge < -0.3 is 30.1 Å². The van der Waals surface area contributed by atoms with Crippen molar-refractivity contribution in [3.63, 3.8) is 0 Å². The molecule has 2 rings (SSSR count). The fourth-order valence-electron chi connectivity index (χ4n) is 4.00. The predicted molar refractivity (Wildman–Crippen MR) is 107 cm³/mol. The molecular formula is C21H36Cl2HfNSi-3. The normalized spacial score (nSPS) is 21.5. The second-order valence-electron chi connectivity index (χ2n) is 7.74. The minimum Gasteiger partial charge on any atom is -1.00 e. The Balaban J connectivity index is 0. The van der Waals surface area contributed by atoms with Crippen LogP contribution < -0.4 is 24.8 Å². The van der Waals surface area contributed by atoms with Gasteiger partial charge in [-0.3, -0.25) is 0 Å². The summed E-state index contributed by atoms with van der Waals surface area (Å²) in [5.41, 5.74) is 1.63. The molecule has 0 aromatic rings. The van der Waals surface area contributed by atoms with E-state index in [0.717, 1.165) is 5.92 Å². The van der Waals surface area contributed by atoms with Crippen LogP contribution in [0.25, 0.3) is 5.32 Å². The summed E-state index contributed by atoms with van der Waals surface area (Å²) in [5.74, 6) is 0.811. The average molecular weight is 580 g/mol. The minimum absolute atomic E-state index is 0. The Hall–Kier alpha value is 0.977. The van der Waals surface area contributed by atoms with Gasteiger partial charge in [0.15, 0.2) is 0 Å². The third kappa shape index (κ3) is 11.1. The van der Waals surface area contributed by atoms with Crippen molar-refractivity contribution in [2.45, 2.75) is 96.6 Å². The van der Waals surface area contributed by atoms with Crippen LogP contribution in [0.1, 0.15) is 84.5 Å². The quantitative estimate of drug-likeness (QED) is 0.229. The smallest absolute Gasteiger partial charge is 0 e. The Morgan fingerprint density at radius 1 is 1.12 bits per heavy atom. The van der Waals surface area contributed by atoms with Gasteiger partial charge in [0.1, 0.15) is 0 Å². The summed E-state index contributed by atoms with van der Waals surface area (Å²) in [6, 6.07) is 1.08. The van der Waals surface area contributed by atoms with E-state index >= 15 is 0 Å². The van der Waals surface area contributed by atoms with E-state index in [-0.39, 0.29) is 50.7 Å². The summed E-state index contributed by atoms with van der Waals surface area (Å²) in [4.78, 5) is 0. The maximum absolute atomic E-state index is 5.12. The SMILES string of the molecule is CC(=[SiH2])CCCCCCCCC(C)[N-]C1CCC2CC=CC=C21.[Cl-].[Cl-].[Hf]. The standard InChI is InChI=1S/C21H36NSi.2ClH.Hf/c1-17(11-7-5-3-4-6-8-12-18(2)23)22-21-16-15-19-13-9-10-14-20(19)21;;;/h9-10,14,17,19,21H,3-8,11-13,15-16,23H2,1-2H3;2*1H;/q-1;;;/p-2. The molecule has 0 saturated heterocycles. The molecule has 1 saturated carbocycles. The molecule has 0 aromatic heterocycles. The number of halogens is 2. The topological polar surface area (TPSA) is 14.1 Å². The van der Waals surface area contributed by atoms with Crippen LogP contribution in [0, 0.1) is 5.92 Å². The van der Waals surface area contributed by atoms with Gasteiger partial charge in [0.2, 0.25) is 0 Å². The fourth-order valence-corrected chi connectivity index (χ4v) is 4.25. The Kier molecular flexibility index (Phi) is 19.0. The third-order valence-corrected chi connectivity index (χ3v) is 5.75. The number of unbranched alkanes of at least 4 members (excludes halogenated alkanes) is 5. The van der Waals surface area contributed by atoms with Gasteiger partial charge in [-0.1, -0.05) is 80.8 Å². The molecule has 0 aromatic carbocycles. The molecule has 1 nitrogen and oxygen atoms in total. The molecule has 1 fully saturated rings. The molecule has 0 spiro atoms. The molecule has 26 heavy (non-hydrogen) atoms. The van der Waals surface area contributed by atoms with Crippen molar-refractivity contribution < 1.29 is 50.7 Å². The van der Waals surface area contributed by atoms with Gasteiger partial charge in [-0.15, -0.1) is 12.1 Å². The summed E-state index contributed by atoms with van der Waals surface area (Å²) in [6.07, 6.45) is 21.8. The van der Waals surface area contributed by atoms with E-state index in [1.165, 1.54) is 70.6 Å². The maximum atomic E-state index is 5.12. The second-order valence-corrected chi connectivity index (χ2v) is 8.94. The van der Waals surface area contributed by atoms with Gasteiger partial charge in [-0.05, 0) is 48.4 Å². The molecule has 3 unspecified atom stereocenters. The predicted octanol–water partition coefficient (Wildman–Crippen LogP) is -0.635. The Morgan fingerprint density at radius 3 is 2.46 bits per heavy atom. The van der Waals surface area contributed by atoms with Crippen LogP contribution in [0.2, 0.25) is 0 Å². The monoisotopic (exact) mass is 580 g/mol. The van der Waals surface area contributed by atoms with Crippen LogP contribution in [0.4, 0.5) is 0 Å². The van der Waals surface area contributed by atoms with Crippen molar-refractivity contribution >= 4 is 15.0 Å². The number of fused-ring (bicyclic) bond motifs is 1. The van der Waals surface area contributed by atoms with Gasteiger partial charge in [-0.2, -0.15) is 0 Å². The van der Waals surface area contributed by atoms with Crippen molar-refractivity contribution in [3.05, 3.63) is 29.1 Å². The zero-order valence-corrected chi connectivity index (χ0v) is 23.2. The van der Waals surface area contributed by atoms with Crippen LogP contribution in [0.5, 0.6) is 0 Å². The van der Waals surface area contributed by atoms with E-state index in [0.29, 0.717) is 12.1 Å². The first kappa shape index (κ1) is 29.2. The number of hydrogen-bond acceptors (Lipinski definition) is 0. The minimum atomic E-state index is 0. The van der Waals surface area contributed by atoms with E-state index in [2.05, 4.69) is 41.9 Å². The van der Waals surface area contributed by atoms with Crippen LogP contribution in [0.15, 0.2) is 23.8 Å². The summed E-state index contributed by atoms with van der Waals surface area (Å²) >= 11 is 0. The van der Waals surface area contributed by atoms with Crippen molar-refractivity contribution in [3.8, 4) is 0 Å². The third-order valence-electron chi connectivity index (χ3n) is 5.40. The molecular weight excluding hydrogens is 544 g/mol. The van der Waals surface area contributed by atoms with Crippen molar-refractivity contribution in [2.24, 2.45) is 5.92 Å². The first-order valence-corrected chi connectivity index (χ1v) is 10.6. The zero-order valence-electron chi connectivity index (χ0n) is 16.7. The van der Waals surface area contributed by atoms with Crippen molar-refractivity contribution in [2.75, 3.05) is 0 Å². The van der Waals surface area contributed by atoms with Crippen LogP contribution >= 0.6 is 0 Å². The summed E-state index contributed by atoms with van der Waals surface area (Å²) in [7, 11) is 2.06. The Morgan fingerprint density at radius 2 is 1.77 bits per heavy atom. The Labute approximate surface area is 196 Å². The molecule has 0 radical (unpaired) electrons. The second kappa shape index (κ2) is 16.9. The van der Waals surface area contributed by atoms with Gasteiger partial charge in [0.25, 0.3) is 0 Å². The number of allylic oxidation sites excluding steroid dienone is 3. The summed E-state index contributed by atoms with van der Waals surface area (Å²) in [6.45, 7) is 4.59. The van der Waals surface area contributed by atoms with Crippen LogP contribution in [-0.2, 0) is 25.8 Å². The molecule has 0 N–H and O–H groups in total. The van der Waals surface area contributed by atoms with E-state index in [1.54, 1.807) is 10.7 Å². The average Bonchev–Trinajstić information content (AvgIpc) is 2.93. The summed E-state index contributed by atoms with van der Waals surface area (Å²) in [5, 5.41) is 6.73. The molecule has 150 valence electrons. The molecule has 3 atom stereocenters. The summed E-state index contributed by atoms with van der Waals surface area (Å²) < 4.78 is 0. The molecule has 0 bridgehead atoms. The largest absolute Gasteiger partial charge is 1.00 e. The molecule has 0 amide bonds. The first-order chi connectivity index (χ1) is 11.2. The maximum Gasteiger partial charge on any atom is 0 e. The molecule has 0 aliphatic heterocycles. The molecule has 2 aliphatic rings. The van der Waals surface area contributed by atoms with Gasteiger partial charge >= 0.3 is 0 Å². The van der Waals surface area contributed by atoms with Crippen molar-refractivity contribution in [1.29, 1.82) is 0 Å².